The van der Waals surface area contributed by atoms with Gasteiger partial charge < -0.3 is 11.1 Å². The quantitative estimate of drug-likeness (QED) is 0.753. The number of nitrogen functional groups attached to an aromatic ring is 1. The van der Waals surface area contributed by atoms with E-state index >= 15 is 0 Å². The van der Waals surface area contributed by atoms with Gasteiger partial charge in [0.15, 0.2) is 5.13 Å². The number of nitrogens with zero attached hydrogens (tertiary/aromatic N) is 1. The van der Waals surface area contributed by atoms with E-state index in [1.807, 2.05) is 29.6 Å². The Morgan fingerprint density at radius 2 is 2.26 bits per heavy atom. The Morgan fingerprint density at radius 3 is 3.00 bits per heavy atom. The lowest BCUT2D eigenvalue weighted by Crippen LogP contribution is -2.30. The molecule has 98 valence electrons. The second-order valence-corrected chi connectivity index (χ2v) is 5.39. The summed E-state index contributed by atoms with van der Waals surface area (Å²) in [6.45, 7) is 0. The Morgan fingerprint density at radius 1 is 1.42 bits per heavy atom. The Balaban J connectivity index is 1.70. The van der Waals surface area contributed by atoms with Gasteiger partial charge >= 0.3 is 6.03 Å². The number of rotatable bonds is 3. The first-order chi connectivity index (χ1) is 9.20. The maximum Gasteiger partial charge on any atom is 0.321 e. The van der Waals surface area contributed by atoms with Crippen molar-refractivity contribution in [3.8, 4) is 11.3 Å². The van der Waals surface area contributed by atoms with Crippen LogP contribution in [0, 0.1) is 0 Å². The molecule has 19 heavy (non-hydrogen) atoms. The fourth-order valence-electron chi connectivity index (χ4n) is 1.71. The number of hydrogen-bond donors (Lipinski definition) is 3. The first-order valence-corrected chi connectivity index (χ1v) is 6.97. The molecule has 1 aromatic heterocycles. The van der Waals surface area contributed by atoms with Crippen LogP contribution in [-0.4, -0.2) is 17.1 Å². The zero-order valence-electron chi connectivity index (χ0n) is 10.2. The molecule has 6 heteroatoms. The fraction of sp³-hybridized carbons (Fsp3) is 0.231. The summed E-state index contributed by atoms with van der Waals surface area (Å²) in [5.41, 5.74) is 8.21. The largest absolute Gasteiger partial charge is 0.399 e. The predicted molar refractivity (Wildman–Crippen MR) is 77.1 cm³/mol. The molecule has 0 bridgehead atoms. The molecule has 2 amide bonds. The van der Waals surface area contributed by atoms with E-state index in [9.17, 15) is 4.79 Å². The molecule has 0 radical (unpaired) electrons. The third-order valence-electron chi connectivity index (χ3n) is 2.82. The second kappa shape index (κ2) is 4.89. The van der Waals surface area contributed by atoms with E-state index in [4.69, 9.17) is 5.73 Å². The van der Waals surface area contributed by atoms with Gasteiger partial charge in [-0.05, 0) is 25.0 Å². The number of anilines is 2. The molecule has 0 aliphatic heterocycles. The molecule has 0 spiro atoms. The van der Waals surface area contributed by atoms with Crippen molar-refractivity contribution in [2.24, 2.45) is 0 Å². The van der Waals surface area contributed by atoms with Gasteiger partial charge in [-0.2, -0.15) is 0 Å². The van der Waals surface area contributed by atoms with Crippen molar-refractivity contribution in [1.29, 1.82) is 0 Å². The first kappa shape index (κ1) is 12.0. The Bertz CT molecular complexity index is 606. The van der Waals surface area contributed by atoms with Crippen LogP contribution in [-0.2, 0) is 0 Å². The minimum atomic E-state index is -0.184. The Kier molecular flexibility index (Phi) is 3.08. The van der Waals surface area contributed by atoms with Crippen molar-refractivity contribution >= 4 is 28.2 Å². The number of benzene rings is 1. The average molecular weight is 274 g/mol. The number of urea groups is 1. The van der Waals surface area contributed by atoms with Gasteiger partial charge in [-0.3, -0.25) is 5.32 Å². The number of nitrogens with one attached hydrogen (secondary N) is 2. The summed E-state index contributed by atoms with van der Waals surface area (Å²) < 4.78 is 0. The van der Waals surface area contributed by atoms with E-state index in [0.717, 1.165) is 24.1 Å². The highest BCUT2D eigenvalue weighted by Crippen LogP contribution is 2.26. The fourth-order valence-corrected chi connectivity index (χ4v) is 2.42. The van der Waals surface area contributed by atoms with Gasteiger partial charge in [0.1, 0.15) is 0 Å². The van der Waals surface area contributed by atoms with Crippen LogP contribution in [0.1, 0.15) is 12.8 Å². The highest BCUT2D eigenvalue weighted by molar-refractivity contribution is 7.14. The lowest BCUT2D eigenvalue weighted by atomic mass is 10.1. The summed E-state index contributed by atoms with van der Waals surface area (Å²) in [7, 11) is 0. The van der Waals surface area contributed by atoms with Gasteiger partial charge in [0.25, 0.3) is 0 Å². The summed E-state index contributed by atoms with van der Waals surface area (Å²) in [5, 5.41) is 8.10. The molecule has 3 rings (SSSR count). The van der Waals surface area contributed by atoms with E-state index < -0.39 is 0 Å². The van der Waals surface area contributed by atoms with Crippen molar-refractivity contribution in [3.05, 3.63) is 29.6 Å². The molecule has 0 saturated heterocycles. The maximum absolute atomic E-state index is 11.6. The third-order valence-corrected chi connectivity index (χ3v) is 3.58. The van der Waals surface area contributed by atoms with Gasteiger partial charge in [-0.25, -0.2) is 9.78 Å². The molecule has 1 fully saturated rings. The number of thiazole rings is 1. The second-order valence-electron chi connectivity index (χ2n) is 4.54. The molecule has 0 unspecified atom stereocenters. The number of hydrogen-bond acceptors (Lipinski definition) is 4. The molecule has 1 saturated carbocycles. The summed E-state index contributed by atoms with van der Waals surface area (Å²) >= 11 is 1.40. The third kappa shape index (κ3) is 3.03. The predicted octanol–water partition coefficient (Wildman–Crippen LogP) is 2.68. The van der Waals surface area contributed by atoms with E-state index in [1.54, 1.807) is 0 Å². The smallest absolute Gasteiger partial charge is 0.321 e. The van der Waals surface area contributed by atoms with Crippen LogP contribution in [0.25, 0.3) is 11.3 Å². The van der Waals surface area contributed by atoms with Crippen LogP contribution in [0.4, 0.5) is 15.6 Å². The SMILES string of the molecule is Nc1cccc(-c2csc(NC(=O)NC3CC3)n2)c1. The molecular formula is C13H14N4OS. The molecule has 1 aromatic carbocycles. The maximum atomic E-state index is 11.6. The van der Waals surface area contributed by atoms with E-state index in [2.05, 4.69) is 15.6 Å². The molecule has 4 N–H and O–H groups in total. The summed E-state index contributed by atoms with van der Waals surface area (Å²) in [6.07, 6.45) is 2.14. The van der Waals surface area contributed by atoms with Gasteiger partial charge in [0.2, 0.25) is 0 Å². The number of carbonyl (C=O) groups is 1. The van der Waals surface area contributed by atoms with E-state index in [1.165, 1.54) is 11.3 Å². The highest BCUT2D eigenvalue weighted by Gasteiger charge is 2.23. The van der Waals surface area contributed by atoms with Crippen molar-refractivity contribution < 1.29 is 4.79 Å². The minimum Gasteiger partial charge on any atom is -0.399 e. The van der Waals surface area contributed by atoms with Gasteiger partial charge in [0.05, 0.1) is 5.69 Å². The lowest BCUT2D eigenvalue weighted by molar-refractivity contribution is 0.251. The van der Waals surface area contributed by atoms with Crippen molar-refractivity contribution in [3.63, 3.8) is 0 Å². The topological polar surface area (TPSA) is 80.0 Å². The molecule has 1 aliphatic carbocycles. The molecule has 1 aliphatic rings. The summed E-state index contributed by atoms with van der Waals surface area (Å²) in [4.78, 5) is 16.0. The number of nitrogens with two attached hydrogens (primary N) is 1. The monoisotopic (exact) mass is 274 g/mol. The Labute approximate surface area is 114 Å². The van der Waals surface area contributed by atoms with Crippen LogP contribution in [0.15, 0.2) is 29.6 Å². The average Bonchev–Trinajstić information content (AvgIpc) is 3.05. The van der Waals surface area contributed by atoms with Crippen LogP contribution in [0.2, 0.25) is 0 Å². The molecular weight excluding hydrogens is 260 g/mol. The van der Waals surface area contributed by atoms with Crippen LogP contribution in [0.5, 0.6) is 0 Å². The molecule has 0 atom stereocenters. The van der Waals surface area contributed by atoms with Crippen molar-refractivity contribution in [2.75, 3.05) is 11.1 Å². The van der Waals surface area contributed by atoms with Gasteiger partial charge in [-0.1, -0.05) is 12.1 Å². The lowest BCUT2D eigenvalue weighted by Gasteiger charge is -2.02. The molecule has 2 aromatic rings. The normalized spacial score (nSPS) is 14.1. The van der Waals surface area contributed by atoms with Crippen LogP contribution in [0.3, 0.4) is 0 Å². The summed E-state index contributed by atoms with van der Waals surface area (Å²) in [6, 6.07) is 7.68. The van der Waals surface area contributed by atoms with E-state index in [0.29, 0.717) is 16.9 Å². The highest BCUT2D eigenvalue weighted by atomic mass is 32.1. The van der Waals surface area contributed by atoms with Crippen molar-refractivity contribution in [1.82, 2.24) is 10.3 Å². The van der Waals surface area contributed by atoms with Gasteiger partial charge in [0, 0.05) is 22.7 Å². The standard InChI is InChI=1S/C13H14N4OS/c14-9-3-1-2-8(6-9)11-7-19-13(16-11)17-12(18)15-10-4-5-10/h1-3,6-7,10H,4-5,14H2,(H2,15,16,17,18). The van der Waals surface area contributed by atoms with E-state index in [-0.39, 0.29) is 6.03 Å². The van der Waals surface area contributed by atoms with Crippen molar-refractivity contribution in [2.45, 2.75) is 18.9 Å². The van der Waals surface area contributed by atoms with Crippen LogP contribution >= 0.6 is 11.3 Å². The number of aromatic nitrogens is 1. The van der Waals surface area contributed by atoms with Crippen LogP contribution < -0.4 is 16.4 Å². The molecule has 1 heterocycles. The Hall–Kier alpha value is -2.08. The zero-order chi connectivity index (χ0) is 13.2. The number of amides is 2. The number of carbonyl (C=O) groups excluding carboxylic acids is 1. The zero-order valence-corrected chi connectivity index (χ0v) is 11.0. The minimum absolute atomic E-state index is 0.184. The van der Waals surface area contributed by atoms with Gasteiger partial charge in [-0.15, -0.1) is 11.3 Å². The molecule has 5 nitrogen and oxygen atoms in total. The summed E-state index contributed by atoms with van der Waals surface area (Å²) in [5.74, 6) is 0. The first-order valence-electron chi connectivity index (χ1n) is 6.10.